The first-order chi connectivity index (χ1) is 9.99. The number of nitrogens with one attached hydrogen (secondary N) is 1. The predicted molar refractivity (Wildman–Crippen MR) is 79.6 cm³/mol. The number of aryl methyl sites for hydroxylation is 1. The van der Waals surface area contributed by atoms with Gasteiger partial charge in [0, 0.05) is 19.8 Å². The number of nitrogens with zero attached hydrogens (tertiary/aromatic N) is 3. The molecule has 0 saturated heterocycles. The molecule has 0 atom stereocenters. The van der Waals surface area contributed by atoms with Crippen molar-refractivity contribution >= 4 is 11.5 Å². The van der Waals surface area contributed by atoms with Crippen molar-refractivity contribution in [1.29, 1.82) is 0 Å². The largest absolute Gasteiger partial charge is 0.492 e. The van der Waals surface area contributed by atoms with E-state index in [0.717, 1.165) is 9.25 Å². The number of hydrogen-bond donors (Lipinski definition) is 2. The van der Waals surface area contributed by atoms with Crippen LogP contribution in [0.25, 0.3) is 0 Å². The smallest absolute Gasteiger partial charge is 0.346 e. The van der Waals surface area contributed by atoms with E-state index in [4.69, 9.17) is 10.5 Å². The van der Waals surface area contributed by atoms with Gasteiger partial charge in [0.15, 0.2) is 0 Å². The maximum atomic E-state index is 11.8. The minimum atomic E-state index is -0.469. The maximum absolute atomic E-state index is 11.8. The summed E-state index contributed by atoms with van der Waals surface area (Å²) in [5.74, 6) is 0.799. The summed E-state index contributed by atoms with van der Waals surface area (Å²) in [6.07, 6.45) is 0. The van der Waals surface area contributed by atoms with E-state index in [-0.39, 0.29) is 5.82 Å². The van der Waals surface area contributed by atoms with E-state index < -0.39 is 11.2 Å². The lowest BCUT2D eigenvalue weighted by molar-refractivity contribution is 0.332. The molecule has 0 aliphatic heterocycles. The normalized spacial score (nSPS) is 10.4. The fourth-order valence-corrected chi connectivity index (χ4v) is 1.71. The van der Waals surface area contributed by atoms with Gasteiger partial charge in [-0.3, -0.25) is 9.36 Å². The van der Waals surface area contributed by atoms with Gasteiger partial charge < -0.3 is 15.8 Å². The maximum Gasteiger partial charge on any atom is 0.346 e. The number of aromatic nitrogens is 3. The third kappa shape index (κ3) is 3.41. The molecule has 0 spiro atoms. The van der Waals surface area contributed by atoms with Gasteiger partial charge in [-0.2, -0.15) is 0 Å². The van der Waals surface area contributed by atoms with Crippen LogP contribution >= 0.6 is 0 Å². The number of ether oxygens (including phenoxy) is 1. The van der Waals surface area contributed by atoms with Gasteiger partial charge in [0.05, 0.1) is 6.54 Å². The summed E-state index contributed by atoms with van der Waals surface area (Å²) in [7, 11) is 2.89. The lowest BCUT2D eigenvalue weighted by Gasteiger charge is -2.09. The van der Waals surface area contributed by atoms with E-state index in [9.17, 15) is 9.59 Å². The molecule has 1 aromatic carbocycles. The van der Waals surface area contributed by atoms with Crippen molar-refractivity contribution in [1.82, 2.24) is 14.3 Å². The van der Waals surface area contributed by atoms with Crippen molar-refractivity contribution in [3.63, 3.8) is 0 Å². The first-order valence-electron chi connectivity index (χ1n) is 6.35. The minimum absolute atomic E-state index is 0.112. The lowest BCUT2D eigenvalue weighted by atomic mass is 10.3. The zero-order valence-corrected chi connectivity index (χ0v) is 11.9. The Balaban J connectivity index is 1.94. The Morgan fingerprint density at radius 2 is 1.90 bits per heavy atom. The van der Waals surface area contributed by atoms with Crippen LogP contribution in [0.2, 0.25) is 0 Å². The van der Waals surface area contributed by atoms with Crippen LogP contribution in [0.4, 0.5) is 11.5 Å². The molecule has 0 amide bonds. The quantitative estimate of drug-likeness (QED) is 0.571. The molecule has 21 heavy (non-hydrogen) atoms. The summed E-state index contributed by atoms with van der Waals surface area (Å²) >= 11 is 0. The highest BCUT2D eigenvalue weighted by molar-refractivity contribution is 5.41. The van der Waals surface area contributed by atoms with Crippen LogP contribution in [-0.2, 0) is 14.1 Å². The first-order valence-corrected chi connectivity index (χ1v) is 6.35. The fourth-order valence-electron chi connectivity index (χ4n) is 1.71. The molecule has 0 aliphatic rings. The summed E-state index contributed by atoms with van der Waals surface area (Å²) in [5.41, 5.74) is 5.30. The Morgan fingerprint density at radius 1 is 1.24 bits per heavy atom. The van der Waals surface area contributed by atoms with Crippen LogP contribution in [0.3, 0.4) is 0 Å². The molecule has 8 heteroatoms. The number of anilines is 2. The van der Waals surface area contributed by atoms with E-state index in [1.165, 1.54) is 14.1 Å². The molecule has 1 heterocycles. The molecule has 8 nitrogen and oxygen atoms in total. The molecule has 0 unspecified atom stereocenters. The summed E-state index contributed by atoms with van der Waals surface area (Å²) in [4.78, 5) is 23.3. The zero-order valence-electron chi connectivity index (χ0n) is 11.9. The Kier molecular flexibility index (Phi) is 4.27. The second kappa shape index (κ2) is 6.12. The van der Waals surface area contributed by atoms with Crippen molar-refractivity contribution in [2.75, 3.05) is 24.2 Å². The van der Waals surface area contributed by atoms with E-state index in [1.54, 1.807) is 24.3 Å². The highest BCUT2D eigenvalue weighted by Gasteiger charge is 2.07. The molecule has 112 valence electrons. The topological polar surface area (TPSA) is 104 Å². The van der Waals surface area contributed by atoms with Crippen LogP contribution in [-0.4, -0.2) is 27.5 Å². The first kappa shape index (κ1) is 14.6. The standard InChI is InChI=1S/C13H17N5O3/c1-17-12(19)11(16-18(2)13(17)20)15-7-8-21-10-5-3-9(14)4-6-10/h3-6H,7-8,14H2,1-2H3,(H,15,16). The molecule has 0 bridgehead atoms. The second-order valence-corrected chi connectivity index (χ2v) is 4.46. The average molecular weight is 291 g/mol. The van der Waals surface area contributed by atoms with Gasteiger partial charge in [-0.25, -0.2) is 9.48 Å². The SMILES string of the molecule is Cn1nc(NCCOc2ccc(N)cc2)c(=O)n(C)c1=O. The molecule has 0 aliphatic carbocycles. The number of nitrogen functional groups attached to an aromatic ring is 1. The molecular weight excluding hydrogens is 274 g/mol. The van der Waals surface area contributed by atoms with E-state index in [2.05, 4.69) is 10.4 Å². The lowest BCUT2D eigenvalue weighted by Crippen LogP contribution is -2.40. The fraction of sp³-hybridized carbons (Fsp3) is 0.308. The van der Waals surface area contributed by atoms with Gasteiger partial charge >= 0.3 is 5.69 Å². The summed E-state index contributed by atoms with van der Waals surface area (Å²) < 4.78 is 7.58. The zero-order chi connectivity index (χ0) is 15.4. The Labute approximate surface area is 120 Å². The van der Waals surface area contributed by atoms with E-state index in [0.29, 0.717) is 24.6 Å². The van der Waals surface area contributed by atoms with Gasteiger partial charge in [0.2, 0.25) is 5.82 Å². The number of hydrogen-bond acceptors (Lipinski definition) is 6. The molecule has 3 N–H and O–H groups in total. The van der Waals surface area contributed by atoms with Gasteiger partial charge in [0.1, 0.15) is 12.4 Å². The Bertz CT molecular complexity index is 733. The minimum Gasteiger partial charge on any atom is -0.492 e. The van der Waals surface area contributed by atoms with Crippen LogP contribution in [0.1, 0.15) is 0 Å². The molecule has 1 aromatic heterocycles. The van der Waals surface area contributed by atoms with E-state index >= 15 is 0 Å². The summed E-state index contributed by atoms with van der Waals surface area (Å²) in [5, 5.41) is 6.73. The van der Waals surface area contributed by atoms with E-state index in [1.807, 2.05) is 0 Å². The average Bonchev–Trinajstić information content (AvgIpc) is 2.48. The van der Waals surface area contributed by atoms with Gasteiger partial charge in [0.25, 0.3) is 5.56 Å². The van der Waals surface area contributed by atoms with Crippen molar-refractivity contribution < 1.29 is 4.74 Å². The molecular formula is C13H17N5O3. The molecule has 0 fully saturated rings. The highest BCUT2D eigenvalue weighted by Crippen LogP contribution is 2.12. The third-order valence-electron chi connectivity index (χ3n) is 2.86. The van der Waals surface area contributed by atoms with Crippen LogP contribution in [0.5, 0.6) is 5.75 Å². The Morgan fingerprint density at radius 3 is 2.57 bits per heavy atom. The van der Waals surface area contributed by atoms with Crippen molar-refractivity contribution in [3.8, 4) is 5.75 Å². The van der Waals surface area contributed by atoms with Crippen LogP contribution < -0.4 is 27.0 Å². The monoisotopic (exact) mass is 291 g/mol. The van der Waals surface area contributed by atoms with Crippen molar-refractivity contribution in [3.05, 3.63) is 45.1 Å². The summed E-state index contributed by atoms with van der Waals surface area (Å²) in [6, 6.07) is 7.01. The molecule has 2 rings (SSSR count). The van der Waals surface area contributed by atoms with Gasteiger partial charge in [-0.05, 0) is 24.3 Å². The molecule has 0 radical (unpaired) electrons. The molecule has 0 saturated carbocycles. The van der Waals surface area contributed by atoms with Gasteiger partial charge in [-0.1, -0.05) is 0 Å². The third-order valence-corrected chi connectivity index (χ3v) is 2.86. The van der Waals surface area contributed by atoms with Crippen molar-refractivity contribution in [2.24, 2.45) is 14.1 Å². The second-order valence-electron chi connectivity index (χ2n) is 4.46. The number of benzene rings is 1. The molecule has 2 aromatic rings. The van der Waals surface area contributed by atoms with Crippen LogP contribution in [0, 0.1) is 0 Å². The van der Waals surface area contributed by atoms with Crippen LogP contribution in [0.15, 0.2) is 33.9 Å². The number of nitrogens with two attached hydrogens (primary N) is 1. The number of rotatable bonds is 5. The Hall–Kier alpha value is -2.77. The summed E-state index contributed by atoms with van der Waals surface area (Å²) in [6.45, 7) is 0.725. The predicted octanol–water partition coefficient (Wildman–Crippen LogP) is -0.448. The van der Waals surface area contributed by atoms with Gasteiger partial charge in [-0.15, -0.1) is 5.10 Å². The highest BCUT2D eigenvalue weighted by atomic mass is 16.5. The van der Waals surface area contributed by atoms with Crippen molar-refractivity contribution in [2.45, 2.75) is 0 Å².